The first-order chi connectivity index (χ1) is 10.3. The van der Waals surface area contributed by atoms with Gasteiger partial charge in [0.05, 0.1) is 6.54 Å². The Morgan fingerprint density at radius 2 is 1.95 bits per heavy atom. The number of rotatable bonds is 6. The summed E-state index contributed by atoms with van der Waals surface area (Å²) < 4.78 is 5.32. The molecule has 0 amide bonds. The van der Waals surface area contributed by atoms with E-state index in [1.165, 1.54) is 4.88 Å². The van der Waals surface area contributed by atoms with Gasteiger partial charge in [0, 0.05) is 44.0 Å². The van der Waals surface area contributed by atoms with Crippen molar-refractivity contribution in [1.29, 1.82) is 0 Å². The largest absolute Gasteiger partial charge is 0.338 e. The highest BCUT2D eigenvalue weighted by atomic mass is 32.1. The van der Waals surface area contributed by atoms with Crippen LogP contribution < -0.4 is 0 Å². The summed E-state index contributed by atoms with van der Waals surface area (Å²) in [5.74, 6) is 1.59. The lowest BCUT2D eigenvalue weighted by Crippen LogP contribution is -2.45. The van der Waals surface area contributed by atoms with E-state index in [9.17, 15) is 0 Å². The molecule has 5 nitrogen and oxygen atoms in total. The number of aryl methyl sites for hydroxylation is 1. The molecule has 114 valence electrons. The maximum absolute atomic E-state index is 5.32. The zero-order valence-electron chi connectivity index (χ0n) is 12.5. The monoisotopic (exact) mass is 306 g/mol. The molecule has 0 unspecified atom stereocenters. The maximum atomic E-state index is 5.32. The molecule has 3 rings (SSSR count). The molecule has 1 aliphatic heterocycles. The average Bonchev–Trinajstić information content (AvgIpc) is 3.14. The van der Waals surface area contributed by atoms with Gasteiger partial charge < -0.3 is 4.52 Å². The van der Waals surface area contributed by atoms with Gasteiger partial charge in [-0.3, -0.25) is 9.80 Å². The highest BCUT2D eigenvalue weighted by Gasteiger charge is 2.19. The Morgan fingerprint density at radius 3 is 2.62 bits per heavy atom. The van der Waals surface area contributed by atoms with Crippen LogP contribution in [-0.2, 0) is 19.5 Å². The first kappa shape index (κ1) is 14.7. The predicted molar refractivity (Wildman–Crippen MR) is 83.2 cm³/mol. The zero-order chi connectivity index (χ0) is 14.5. The predicted octanol–water partition coefficient (Wildman–Crippen LogP) is 2.40. The Kier molecular flexibility index (Phi) is 5.00. The molecule has 0 aliphatic carbocycles. The van der Waals surface area contributed by atoms with Crippen LogP contribution in [-0.4, -0.2) is 46.1 Å². The lowest BCUT2D eigenvalue weighted by atomic mass is 10.3. The summed E-state index contributed by atoms with van der Waals surface area (Å²) in [7, 11) is 0. The van der Waals surface area contributed by atoms with E-state index in [2.05, 4.69) is 44.4 Å². The van der Waals surface area contributed by atoms with E-state index in [4.69, 9.17) is 4.52 Å². The van der Waals surface area contributed by atoms with E-state index in [1.807, 2.05) is 11.3 Å². The summed E-state index contributed by atoms with van der Waals surface area (Å²) in [6.45, 7) is 8.33. The Hall–Kier alpha value is -1.24. The molecule has 0 radical (unpaired) electrons. The molecule has 1 aliphatic rings. The first-order valence-electron chi connectivity index (χ1n) is 7.62. The summed E-state index contributed by atoms with van der Waals surface area (Å²) in [5.41, 5.74) is 0. The molecule has 2 aromatic heterocycles. The van der Waals surface area contributed by atoms with Gasteiger partial charge in [-0.15, -0.1) is 11.3 Å². The minimum Gasteiger partial charge on any atom is -0.338 e. The second-order valence-electron chi connectivity index (χ2n) is 5.49. The van der Waals surface area contributed by atoms with Crippen LogP contribution in [0.4, 0.5) is 0 Å². The van der Waals surface area contributed by atoms with Crippen molar-refractivity contribution >= 4 is 11.3 Å². The Morgan fingerprint density at radius 1 is 1.19 bits per heavy atom. The fraction of sp³-hybridized carbons (Fsp3) is 0.600. The Bertz CT molecular complexity index is 532. The van der Waals surface area contributed by atoms with Crippen LogP contribution in [0.1, 0.15) is 29.9 Å². The van der Waals surface area contributed by atoms with Crippen LogP contribution >= 0.6 is 11.3 Å². The van der Waals surface area contributed by atoms with Gasteiger partial charge >= 0.3 is 0 Å². The first-order valence-corrected chi connectivity index (χ1v) is 8.50. The van der Waals surface area contributed by atoms with Gasteiger partial charge in [-0.1, -0.05) is 18.1 Å². The highest BCUT2D eigenvalue weighted by molar-refractivity contribution is 7.09. The van der Waals surface area contributed by atoms with E-state index in [1.54, 1.807) is 0 Å². The van der Waals surface area contributed by atoms with Gasteiger partial charge in [-0.2, -0.15) is 4.98 Å². The lowest BCUT2D eigenvalue weighted by molar-refractivity contribution is 0.113. The van der Waals surface area contributed by atoms with Gasteiger partial charge in [0.15, 0.2) is 5.82 Å². The van der Waals surface area contributed by atoms with Crippen molar-refractivity contribution in [3.8, 4) is 0 Å². The minimum atomic E-state index is 0.755. The number of piperazine rings is 1. The Labute approximate surface area is 129 Å². The molecule has 6 heteroatoms. The van der Waals surface area contributed by atoms with E-state index in [-0.39, 0.29) is 0 Å². The molecule has 3 heterocycles. The maximum Gasteiger partial charge on any atom is 0.240 e. The zero-order valence-corrected chi connectivity index (χ0v) is 13.3. The van der Waals surface area contributed by atoms with Crippen molar-refractivity contribution in [2.24, 2.45) is 0 Å². The fourth-order valence-corrected chi connectivity index (χ4v) is 3.35. The van der Waals surface area contributed by atoms with Gasteiger partial charge in [-0.25, -0.2) is 0 Å². The number of nitrogens with zero attached hydrogens (tertiary/aromatic N) is 4. The third-order valence-electron chi connectivity index (χ3n) is 3.77. The van der Waals surface area contributed by atoms with Crippen LogP contribution in [0.25, 0.3) is 0 Å². The second kappa shape index (κ2) is 7.15. The summed E-state index contributed by atoms with van der Waals surface area (Å²) in [6.07, 6.45) is 1.96. The third-order valence-corrected chi connectivity index (χ3v) is 4.63. The third kappa shape index (κ3) is 4.12. The topological polar surface area (TPSA) is 45.4 Å². The summed E-state index contributed by atoms with van der Waals surface area (Å²) in [6, 6.07) is 4.34. The average molecular weight is 306 g/mol. The van der Waals surface area contributed by atoms with Crippen molar-refractivity contribution in [1.82, 2.24) is 19.9 Å². The number of aromatic nitrogens is 2. The van der Waals surface area contributed by atoms with E-state index >= 15 is 0 Å². The number of hydrogen-bond acceptors (Lipinski definition) is 6. The molecule has 21 heavy (non-hydrogen) atoms. The molecule has 1 saturated heterocycles. The van der Waals surface area contributed by atoms with Gasteiger partial charge in [0.25, 0.3) is 0 Å². The van der Waals surface area contributed by atoms with Crippen molar-refractivity contribution < 1.29 is 4.52 Å². The smallest absolute Gasteiger partial charge is 0.240 e. The van der Waals surface area contributed by atoms with Crippen LogP contribution in [0, 0.1) is 0 Å². The molecular formula is C15H22N4OS. The van der Waals surface area contributed by atoms with E-state index < -0.39 is 0 Å². The van der Waals surface area contributed by atoms with Crippen LogP contribution in [0.15, 0.2) is 22.0 Å². The molecule has 0 atom stereocenters. The van der Waals surface area contributed by atoms with E-state index in [0.717, 1.165) is 63.8 Å². The summed E-state index contributed by atoms with van der Waals surface area (Å²) in [5, 5.41) is 6.16. The normalized spacial score (nSPS) is 17.4. The SMILES string of the molecule is CCCc1noc(CN2CCN(Cc3cccs3)CC2)n1. The van der Waals surface area contributed by atoms with Crippen LogP contribution in [0.2, 0.25) is 0 Å². The van der Waals surface area contributed by atoms with E-state index in [0.29, 0.717) is 0 Å². The van der Waals surface area contributed by atoms with Gasteiger partial charge in [0.2, 0.25) is 5.89 Å². The second-order valence-corrected chi connectivity index (χ2v) is 6.52. The highest BCUT2D eigenvalue weighted by Crippen LogP contribution is 2.14. The molecule has 0 bridgehead atoms. The molecule has 2 aromatic rings. The molecule has 0 aromatic carbocycles. The lowest BCUT2D eigenvalue weighted by Gasteiger charge is -2.33. The quantitative estimate of drug-likeness (QED) is 0.820. The molecular weight excluding hydrogens is 284 g/mol. The number of hydrogen-bond donors (Lipinski definition) is 0. The fourth-order valence-electron chi connectivity index (χ4n) is 2.60. The molecule has 1 fully saturated rings. The summed E-state index contributed by atoms with van der Waals surface area (Å²) in [4.78, 5) is 10.8. The van der Waals surface area contributed by atoms with Gasteiger partial charge in [0.1, 0.15) is 0 Å². The minimum absolute atomic E-state index is 0.755. The molecule has 0 N–H and O–H groups in total. The van der Waals surface area contributed by atoms with Crippen molar-refractivity contribution in [3.05, 3.63) is 34.1 Å². The van der Waals surface area contributed by atoms with Crippen molar-refractivity contribution in [2.75, 3.05) is 26.2 Å². The summed E-state index contributed by atoms with van der Waals surface area (Å²) >= 11 is 1.84. The van der Waals surface area contributed by atoms with Crippen LogP contribution in [0.3, 0.4) is 0 Å². The number of thiophene rings is 1. The van der Waals surface area contributed by atoms with Crippen LogP contribution in [0.5, 0.6) is 0 Å². The molecule has 0 spiro atoms. The Balaban J connectivity index is 1.44. The van der Waals surface area contributed by atoms with Crippen molar-refractivity contribution in [3.63, 3.8) is 0 Å². The molecule has 0 saturated carbocycles. The van der Waals surface area contributed by atoms with Crippen molar-refractivity contribution in [2.45, 2.75) is 32.9 Å². The van der Waals surface area contributed by atoms with Gasteiger partial charge in [-0.05, 0) is 17.9 Å². The standard InChI is InChI=1S/C15H22N4OS/c1-2-4-14-16-15(20-17-14)12-19-8-6-18(7-9-19)11-13-5-3-10-21-13/h3,5,10H,2,4,6-9,11-12H2,1H3.